The van der Waals surface area contributed by atoms with E-state index in [1.165, 1.54) is 12.8 Å². The molecule has 0 radical (unpaired) electrons. The number of methoxy groups -OCH3 is 1. The summed E-state index contributed by atoms with van der Waals surface area (Å²) in [5.74, 6) is -0.115. The van der Waals surface area contributed by atoms with Crippen molar-refractivity contribution < 1.29 is 14.6 Å². The summed E-state index contributed by atoms with van der Waals surface area (Å²) in [5, 5.41) is 8.97. The minimum absolute atomic E-state index is 0.125. The van der Waals surface area contributed by atoms with E-state index in [4.69, 9.17) is 9.84 Å². The summed E-state index contributed by atoms with van der Waals surface area (Å²) < 4.78 is 5.23. The molecule has 0 bridgehead atoms. The van der Waals surface area contributed by atoms with Crippen molar-refractivity contribution in [3.05, 3.63) is 0 Å². The second-order valence-corrected chi connectivity index (χ2v) is 4.68. The molecule has 0 spiro atoms. The maximum atomic E-state index is 10.9. The molecule has 1 fully saturated rings. The molecule has 0 aromatic carbocycles. The third-order valence-electron chi connectivity index (χ3n) is 3.40. The molecule has 0 aromatic heterocycles. The summed E-state index contributed by atoms with van der Waals surface area (Å²) in [4.78, 5) is 13.0. The number of hydrogen-bond acceptors (Lipinski definition) is 3. The second-order valence-electron chi connectivity index (χ2n) is 4.68. The van der Waals surface area contributed by atoms with Crippen LogP contribution in [0.1, 0.15) is 33.1 Å². The molecule has 1 N–H and O–H groups in total. The summed E-state index contributed by atoms with van der Waals surface area (Å²) in [6, 6.07) is 0.577. The quantitative estimate of drug-likeness (QED) is 0.687. The van der Waals surface area contributed by atoms with E-state index in [0.717, 1.165) is 6.42 Å². The van der Waals surface area contributed by atoms with E-state index >= 15 is 0 Å². The average molecular weight is 229 g/mol. The SMILES string of the molecule is CCC(C)N(CC(=O)O)C(COC)C1CC1. The predicted molar refractivity (Wildman–Crippen MR) is 62.5 cm³/mol. The first-order chi connectivity index (χ1) is 7.60. The highest BCUT2D eigenvalue weighted by atomic mass is 16.5. The molecule has 0 aliphatic heterocycles. The van der Waals surface area contributed by atoms with E-state index < -0.39 is 5.97 Å². The van der Waals surface area contributed by atoms with Gasteiger partial charge in [-0.05, 0) is 32.1 Å². The summed E-state index contributed by atoms with van der Waals surface area (Å²) >= 11 is 0. The molecular formula is C12H23NO3. The second kappa shape index (κ2) is 6.21. The van der Waals surface area contributed by atoms with Crippen molar-refractivity contribution >= 4 is 5.97 Å². The number of carboxylic acids is 1. The van der Waals surface area contributed by atoms with Gasteiger partial charge in [0.2, 0.25) is 0 Å². The Labute approximate surface area is 97.6 Å². The lowest BCUT2D eigenvalue weighted by atomic mass is 10.1. The Morgan fingerprint density at radius 1 is 1.56 bits per heavy atom. The highest BCUT2D eigenvalue weighted by Crippen LogP contribution is 2.36. The molecule has 0 heterocycles. The zero-order chi connectivity index (χ0) is 12.1. The Bertz CT molecular complexity index is 228. The van der Waals surface area contributed by atoms with Crippen molar-refractivity contribution in [3.63, 3.8) is 0 Å². The number of carboxylic acid groups (broad SMARTS) is 1. The van der Waals surface area contributed by atoms with Crippen molar-refractivity contribution in [2.75, 3.05) is 20.3 Å². The van der Waals surface area contributed by atoms with Crippen LogP contribution in [0.15, 0.2) is 0 Å². The third kappa shape index (κ3) is 3.76. The van der Waals surface area contributed by atoms with Gasteiger partial charge >= 0.3 is 5.97 Å². The Kier molecular flexibility index (Phi) is 5.22. The van der Waals surface area contributed by atoms with E-state index in [-0.39, 0.29) is 12.6 Å². The van der Waals surface area contributed by atoms with Gasteiger partial charge in [0, 0.05) is 19.2 Å². The molecule has 2 unspecified atom stereocenters. The lowest BCUT2D eigenvalue weighted by Crippen LogP contribution is -2.47. The Morgan fingerprint density at radius 3 is 2.56 bits per heavy atom. The van der Waals surface area contributed by atoms with Gasteiger partial charge < -0.3 is 9.84 Å². The first-order valence-electron chi connectivity index (χ1n) is 6.06. The topological polar surface area (TPSA) is 49.8 Å². The third-order valence-corrected chi connectivity index (χ3v) is 3.40. The molecule has 1 aliphatic rings. The monoisotopic (exact) mass is 229 g/mol. The lowest BCUT2D eigenvalue weighted by molar-refractivity contribution is -0.140. The molecule has 4 heteroatoms. The van der Waals surface area contributed by atoms with Gasteiger partial charge in [-0.25, -0.2) is 0 Å². The highest BCUT2D eigenvalue weighted by Gasteiger charge is 2.37. The van der Waals surface area contributed by atoms with Gasteiger partial charge in [-0.15, -0.1) is 0 Å². The van der Waals surface area contributed by atoms with Gasteiger partial charge in [-0.3, -0.25) is 9.69 Å². The molecule has 2 atom stereocenters. The van der Waals surface area contributed by atoms with E-state index in [9.17, 15) is 4.79 Å². The van der Waals surface area contributed by atoms with Gasteiger partial charge in [0.15, 0.2) is 0 Å². The van der Waals surface area contributed by atoms with Crippen molar-refractivity contribution in [1.82, 2.24) is 4.90 Å². The highest BCUT2D eigenvalue weighted by molar-refractivity contribution is 5.69. The normalized spacial score (nSPS) is 19.8. The Hall–Kier alpha value is -0.610. The zero-order valence-corrected chi connectivity index (χ0v) is 10.5. The minimum Gasteiger partial charge on any atom is -0.480 e. The molecule has 0 amide bonds. The van der Waals surface area contributed by atoms with E-state index in [2.05, 4.69) is 18.7 Å². The number of hydrogen-bond donors (Lipinski definition) is 1. The Balaban J connectivity index is 2.65. The number of ether oxygens (including phenoxy) is 1. The van der Waals surface area contributed by atoms with Crippen molar-refractivity contribution in [1.29, 1.82) is 0 Å². The molecular weight excluding hydrogens is 206 g/mol. The van der Waals surface area contributed by atoms with Gasteiger partial charge in [0.25, 0.3) is 0 Å². The fraction of sp³-hybridized carbons (Fsp3) is 0.917. The molecule has 1 aliphatic carbocycles. The van der Waals surface area contributed by atoms with Crippen LogP contribution in [0.3, 0.4) is 0 Å². The van der Waals surface area contributed by atoms with Crippen LogP contribution < -0.4 is 0 Å². The van der Waals surface area contributed by atoms with E-state index in [0.29, 0.717) is 18.6 Å². The average Bonchev–Trinajstić information content (AvgIpc) is 3.05. The largest absolute Gasteiger partial charge is 0.480 e. The van der Waals surface area contributed by atoms with Crippen LogP contribution in [0.4, 0.5) is 0 Å². The van der Waals surface area contributed by atoms with Crippen LogP contribution in [0, 0.1) is 5.92 Å². The fourth-order valence-electron chi connectivity index (χ4n) is 2.15. The summed E-state index contributed by atoms with van der Waals surface area (Å²) in [5.41, 5.74) is 0. The zero-order valence-electron chi connectivity index (χ0n) is 10.5. The van der Waals surface area contributed by atoms with E-state index in [1.807, 2.05) is 0 Å². The van der Waals surface area contributed by atoms with Crippen LogP contribution in [0.2, 0.25) is 0 Å². The number of carbonyl (C=O) groups is 1. The Morgan fingerprint density at radius 2 is 2.19 bits per heavy atom. The van der Waals surface area contributed by atoms with Crippen LogP contribution in [-0.2, 0) is 9.53 Å². The number of aliphatic carboxylic acids is 1. The van der Waals surface area contributed by atoms with Crippen molar-refractivity contribution in [2.24, 2.45) is 5.92 Å². The minimum atomic E-state index is -0.748. The van der Waals surface area contributed by atoms with Gasteiger partial charge in [-0.1, -0.05) is 6.92 Å². The van der Waals surface area contributed by atoms with Gasteiger partial charge in [0.1, 0.15) is 0 Å². The summed E-state index contributed by atoms with van der Waals surface area (Å²) in [6.45, 7) is 4.95. The summed E-state index contributed by atoms with van der Waals surface area (Å²) in [6.07, 6.45) is 3.39. The van der Waals surface area contributed by atoms with Crippen LogP contribution >= 0.6 is 0 Å². The fourth-order valence-corrected chi connectivity index (χ4v) is 2.15. The lowest BCUT2D eigenvalue weighted by Gasteiger charge is -2.34. The van der Waals surface area contributed by atoms with Gasteiger partial charge in [0.05, 0.1) is 13.2 Å². The van der Waals surface area contributed by atoms with Crippen LogP contribution in [-0.4, -0.2) is 48.3 Å². The van der Waals surface area contributed by atoms with Crippen LogP contribution in [0.25, 0.3) is 0 Å². The predicted octanol–water partition coefficient (Wildman–Crippen LogP) is 1.60. The number of rotatable bonds is 8. The van der Waals surface area contributed by atoms with Gasteiger partial charge in [-0.2, -0.15) is 0 Å². The van der Waals surface area contributed by atoms with E-state index in [1.54, 1.807) is 7.11 Å². The van der Waals surface area contributed by atoms with Crippen molar-refractivity contribution in [2.45, 2.75) is 45.2 Å². The smallest absolute Gasteiger partial charge is 0.317 e. The molecule has 0 saturated heterocycles. The maximum Gasteiger partial charge on any atom is 0.317 e. The summed E-state index contributed by atoms with van der Waals surface area (Å²) in [7, 11) is 1.69. The first kappa shape index (κ1) is 13.5. The maximum absolute atomic E-state index is 10.9. The molecule has 0 aromatic rings. The standard InChI is InChI=1S/C12H23NO3/c1-4-9(2)13(7-12(14)15)11(8-16-3)10-5-6-10/h9-11H,4-8H2,1-3H3,(H,14,15). The van der Waals surface area contributed by atoms with Crippen LogP contribution in [0.5, 0.6) is 0 Å². The van der Waals surface area contributed by atoms with Crippen molar-refractivity contribution in [3.8, 4) is 0 Å². The molecule has 94 valence electrons. The first-order valence-corrected chi connectivity index (χ1v) is 6.06. The molecule has 4 nitrogen and oxygen atoms in total. The molecule has 1 saturated carbocycles. The molecule has 1 rings (SSSR count). The molecule has 16 heavy (non-hydrogen) atoms. The number of nitrogens with zero attached hydrogens (tertiary/aromatic N) is 1.